The monoisotopic (exact) mass is 291 g/mol. The molecule has 1 nitrogen and oxygen atoms in total. The second-order valence-electron chi connectivity index (χ2n) is 5.68. The largest absolute Gasteiger partial charge is 0.386 e. The molecule has 0 radical (unpaired) electrons. The van der Waals surface area contributed by atoms with Crippen LogP contribution >= 0.6 is 11.6 Å². The summed E-state index contributed by atoms with van der Waals surface area (Å²) in [6.45, 7) is 18.4. The van der Waals surface area contributed by atoms with Gasteiger partial charge in [0.05, 0.1) is 5.02 Å². The van der Waals surface area contributed by atoms with Crippen molar-refractivity contribution >= 4 is 17.2 Å². The zero-order chi connectivity index (χ0) is 15.4. The number of hydrogen-bond donors (Lipinski definition) is 1. The summed E-state index contributed by atoms with van der Waals surface area (Å²) in [5.74, 6) is 0. The summed E-state index contributed by atoms with van der Waals surface area (Å²) in [7, 11) is 0. The maximum atomic E-state index is 6.47. The van der Waals surface area contributed by atoms with Gasteiger partial charge in [-0.1, -0.05) is 37.7 Å². The van der Waals surface area contributed by atoms with Gasteiger partial charge in [-0.15, -0.1) is 0 Å². The zero-order valence-corrected chi connectivity index (χ0v) is 14.1. The van der Waals surface area contributed by atoms with E-state index in [1.54, 1.807) is 0 Å². The molecule has 0 saturated heterocycles. The van der Waals surface area contributed by atoms with Gasteiger partial charge in [0.1, 0.15) is 0 Å². The number of rotatable bonds is 6. The van der Waals surface area contributed by atoms with Crippen LogP contribution in [-0.4, -0.2) is 6.04 Å². The number of aryl methyl sites for hydroxylation is 1. The van der Waals surface area contributed by atoms with Gasteiger partial charge in [-0.2, -0.15) is 0 Å². The van der Waals surface area contributed by atoms with Crippen molar-refractivity contribution in [1.82, 2.24) is 5.32 Å². The first kappa shape index (κ1) is 16.8. The van der Waals surface area contributed by atoms with Crippen molar-refractivity contribution in [1.29, 1.82) is 0 Å². The molecule has 0 amide bonds. The Hall–Kier alpha value is -1.21. The Morgan fingerprint density at radius 1 is 1.35 bits per heavy atom. The molecule has 20 heavy (non-hydrogen) atoms. The molecule has 0 fully saturated rings. The van der Waals surface area contributed by atoms with E-state index >= 15 is 0 Å². The average Bonchev–Trinajstić information content (AvgIpc) is 2.31. The molecule has 1 aromatic carbocycles. The van der Waals surface area contributed by atoms with Gasteiger partial charge in [-0.25, -0.2) is 0 Å². The van der Waals surface area contributed by atoms with Crippen LogP contribution in [0.2, 0.25) is 5.02 Å². The minimum Gasteiger partial charge on any atom is -0.386 e. The topological polar surface area (TPSA) is 12.0 Å². The highest BCUT2D eigenvalue weighted by molar-refractivity contribution is 6.33. The van der Waals surface area contributed by atoms with Crippen LogP contribution in [0.15, 0.2) is 24.9 Å². The van der Waals surface area contributed by atoms with E-state index in [0.29, 0.717) is 6.04 Å². The number of hydrogen-bond acceptors (Lipinski definition) is 1. The molecule has 1 rings (SSSR count). The van der Waals surface area contributed by atoms with Gasteiger partial charge in [0, 0.05) is 11.7 Å². The Morgan fingerprint density at radius 3 is 2.40 bits per heavy atom. The average molecular weight is 292 g/mol. The Kier molecular flexibility index (Phi) is 5.88. The molecule has 0 saturated carbocycles. The fourth-order valence-corrected chi connectivity index (χ4v) is 3.06. The maximum absolute atomic E-state index is 6.47. The van der Waals surface area contributed by atoms with Crippen LogP contribution in [-0.2, 0) is 12.8 Å². The second kappa shape index (κ2) is 6.99. The summed E-state index contributed by atoms with van der Waals surface area (Å²) in [4.78, 5) is 0. The number of halogens is 1. The minimum atomic E-state index is 0.358. The molecule has 1 atom stereocenters. The third kappa shape index (κ3) is 3.89. The van der Waals surface area contributed by atoms with E-state index in [-0.39, 0.29) is 0 Å². The van der Waals surface area contributed by atoms with Crippen molar-refractivity contribution in [3.05, 3.63) is 52.2 Å². The van der Waals surface area contributed by atoms with E-state index < -0.39 is 0 Å². The fraction of sp³-hybridized carbons (Fsp3) is 0.444. The summed E-state index contributed by atoms with van der Waals surface area (Å²) >= 11 is 6.47. The van der Waals surface area contributed by atoms with Crippen molar-refractivity contribution in [2.75, 3.05) is 0 Å². The van der Waals surface area contributed by atoms with E-state index in [1.807, 2.05) is 13.8 Å². The molecular weight excluding hydrogens is 266 g/mol. The number of nitrogens with one attached hydrogen (secondary N) is 1. The Morgan fingerprint density at radius 2 is 1.95 bits per heavy atom. The van der Waals surface area contributed by atoms with Crippen LogP contribution < -0.4 is 5.32 Å². The summed E-state index contributed by atoms with van der Waals surface area (Å²) < 4.78 is 0. The molecule has 2 heteroatoms. The Labute approximate surface area is 128 Å². The smallest absolute Gasteiger partial charge is 0.0512 e. The van der Waals surface area contributed by atoms with Crippen molar-refractivity contribution in [2.45, 2.75) is 53.5 Å². The number of allylic oxidation sites excluding steroid dienone is 2. The first-order valence-corrected chi connectivity index (χ1v) is 7.54. The lowest BCUT2D eigenvalue weighted by Crippen LogP contribution is -2.26. The first-order chi connectivity index (χ1) is 9.27. The van der Waals surface area contributed by atoms with Gasteiger partial charge in [0.2, 0.25) is 0 Å². The molecular formula is C18H26ClN. The molecule has 0 aliphatic rings. The lowest BCUT2D eigenvalue weighted by atomic mass is 9.89. The van der Waals surface area contributed by atoms with Gasteiger partial charge < -0.3 is 5.32 Å². The van der Waals surface area contributed by atoms with Crippen molar-refractivity contribution in [3.8, 4) is 0 Å². The standard InChI is InChI=1S/C18H26ClN/c1-8-16-15(10-14(7)20-12(4)5)9-13(6)18(19)17(16)11(2)3/h9,14,20H,2,4,8,10H2,1,3,5-7H3. The lowest BCUT2D eigenvalue weighted by molar-refractivity contribution is 0.609. The summed E-state index contributed by atoms with van der Waals surface area (Å²) in [6, 6.07) is 2.57. The molecule has 0 aliphatic heterocycles. The SMILES string of the molecule is C=C(C)NC(C)Cc1cc(C)c(Cl)c(C(=C)C)c1CC. The van der Waals surface area contributed by atoms with Crippen LogP contribution in [0.4, 0.5) is 0 Å². The molecule has 0 aromatic heterocycles. The Bertz CT molecular complexity index is 529. The predicted molar refractivity (Wildman–Crippen MR) is 91.4 cm³/mol. The highest BCUT2D eigenvalue weighted by Crippen LogP contribution is 2.33. The zero-order valence-electron chi connectivity index (χ0n) is 13.4. The normalized spacial score (nSPS) is 12.1. The van der Waals surface area contributed by atoms with Crippen molar-refractivity contribution in [2.24, 2.45) is 0 Å². The molecule has 1 N–H and O–H groups in total. The lowest BCUT2D eigenvalue weighted by Gasteiger charge is -2.21. The maximum Gasteiger partial charge on any atom is 0.0512 e. The summed E-state index contributed by atoms with van der Waals surface area (Å²) in [5, 5.41) is 4.22. The molecule has 0 bridgehead atoms. The number of benzene rings is 1. The van der Waals surface area contributed by atoms with Gasteiger partial charge in [0.15, 0.2) is 0 Å². The van der Waals surface area contributed by atoms with Crippen LogP contribution in [0.3, 0.4) is 0 Å². The molecule has 0 heterocycles. The van der Waals surface area contributed by atoms with E-state index in [4.69, 9.17) is 11.6 Å². The van der Waals surface area contributed by atoms with Gasteiger partial charge in [-0.3, -0.25) is 0 Å². The third-order valence-corrected chi connectivity index (χ3v) is 3.93. The van der Waals surface area contributed by atoms with Crippen molar-refractivity contribution in [3.63, 3.8) is 0 Å². The third-order valence-electron chi connectivity index (χ3n) is 3.45. The van der Waals surface area contributed by atoms with E-state index in [0.717, 1.165) is 40.3 Å². The summed E-state index contributed by atoms with van der Waals surface area (Å²) in [5.41, 5.74) is 6.97. The predicted octanol–water partition coefficient (Wildman–Crippen LogP) is 5.30. The van der Waals surface area contributed by atoms with Crippen LogP contribution in [0.25, 0.3) is 5.57 Å². The second-order valence-corrected chi connectivity index (χ2v) is 6.06. The summed E-state index contributed by atoms with van der Waals surface area (Å²) in [6.07, 6.45) is 1.94. The van der Waals surface area contributed by atoms with E-state index in [9.17, 15) is 0 Å². The van der Waals surface area contributed by atoms with Crippen LogP contribution in [0, 0.1) is 6.92 Å². The molecule has 1 aromatic rings. The Balaban J connectivity index is 3.26. The van der Waals surface area contributed by atoms with Crippen LogP contribution in [0.5, 0.6) is 0 Å². The molecule has 0 spiro atoms. The quantitative estimate of drug-likeness (QED) is 0.750. The fourth-order valence-electron chi connectivity index (χ4n) is 2.73. The van der Waals surface area contributed by atoms with Crippen LogP contribution in [0.1, 0.15) is 49.9 Å². The van der Waals surface area contributed by atoms with E-state index in [1.165, 1.54) is 11.1 Å². The highest BCUT2D eigenvalue weighted by atomic mass is 35.5. The van der Waals surface area contributed by atoms with Gasteiger partial charge in [-0.05, 0) is 68.4 Å². The minimum absolute atomic E-state index is 0.358. The van der Waals surface area contributed by atoms with Crippen molar-refractivity contribution < 1.29 is 0 Å². The van der Waals surface area contributed by atoms with Gasteiger partial charge in [0.25, 0.3) is 0 Å². The molecule has 110 valence electrons. The first-order valence-electron chi connectivity index (χ1n) is 7.16. The highest BCUT2D eigenvalue weighted by Gasteiger charge is 2.16. The van der Waals surface area contributed by atoms with Gasteiger partial charge >= 0.3 is 0 Å². The molecule has 1 unspecified atom stereocenters. The molecule has 0 aliphatic carbocycles. The van der Waals surface area contributed by atoms with E-state index in [2.05, 4.69) is 45.3 Å².